The van der Waals surface area contributed by atoms with Gasteiger partial charge in [-0.05, 0) is 19.3 Å². The Bertz CT molecular complexity index is 469. The zero-order valence-corrected chi connectivity index (χ0v) is 11.1. The molecule has 0 unspecified atom stereocenters. The lowest BCUT2D eigenvalue weighted by Crippen LogP contribution is -2.57. The predicted molar refractivity (Wildman–Crippen MR) is 69.1 cm³/mol. The van der Waals surface area contributed by atoms with E-state index < -0.39 is 17.6 Å². The van der Waals surface area contributed by atoms with E-state index in [-0.39, 0.29) is 23.9 Å². The molecule has 3 rings (SSSR count). The first-order valence-corrected chi connectivity index (χ1v) is 6.80. The number of aliphatic hydroxyl groups is 2. The van der Waals surface area contributed by atoms with E-state index in [9.17, 15) is 15.0 Å². The Morgan fingerprint density at radius 2 is 2.05 bits per heavy atom. The van der Waals surface area contributed by atoms with Gasteiger partial charge in [-0.25, -0.2) is 4.79 Å². The third-order valence-corrected chi connectivity index (χ3v) is 5.33. The quantitative estimate of drug-likeness (QED) is 0.392. The van der Waals surface area contributed by atoms with Crippen LogP contribution in [-0.2, 0) is 9.53 Å². The molecule has 0 aromatic heterocycles. The molecule has 2 aliphatic carbocycles. The van der Waals surface area contributed by atoms with Crippen molar-refractivity contribution in [1.29, 1.82) is 0 Å². The number of hydrogen-bond donors (Lipinski definition) is 2. The summed E-state index contributed by atoms with van der Waals surface area (Å²) in [6, 6.07) is 0. The monoisotopic (exact) mass is 264 g/mol. The van der Waals surface area contributed by atoms with Gasteiger partial charge in [-0.1, -0.05) is 25.7 Å². The first-order valence-electron chi connectivity index (χ1n) is 6.80. The second kappa shape index (κ2) is 3.93. The van der Waals surface area contributed by atoms with Gasteiger partial charge in [0.2, 0.25) is 0 Å². The number of carbonyl (C=O) groups is 1. The number of aliphatic hydroxyl groups excluding tert-OH is 2. The Labute approximate surface area is 112 Å². The van der Waals surface area contributed by atoms with Crippen LogP contribution in [0.1, 0.15) is 26.2 Å². The molecule has 4 nitrogen and oxygen atoms in total. The van der Waals surface area contributed by atoms with E-state index in [2.05, 4.69) is 13.2 Å². The van der Waals surface area contributed by atoms with E-state index in [1.807, 2.05) is 6.92 Å². The number of fused-ring (bicyclic) bond motifs is 3. The maximum absolute atomic E-state index is 11.7. The van der Waals surface area contributed by atoms with Gasteiger partial charge in [0.15, 0.2) is 0 Å². The molecule has 0 aromatic rings. The lowest BCUT2D eigenvalue weighted by atomic mass is 9.53. The highest BCUT2D eigenvalue weighted by Gasteiger charge is 2.59. The normalized spacial score (nSPS) is 49.6. The van der Waals surface area contributed by atoms with E-state index in [0.717, 1.165) is 18.4 Å². The minimum atomic E-state index is -0.795. The molecule has 0 spiro atoms. The standard InChI is InChI=1S/C15H20O4/c1-7-6-10(16)13(17)15(3)5-4-9-8(2)14(18)19-12(9)11(7)15/h9-13,16-17H,1-2,4-6H2,3H3/t9-,10+,11+,12-,13+,15+/m0/s1. The Balaban J connectivity index is 2.00. The molecule has 0 amide bonds. The van der Waals surface area contributed by atoms with Crippen molar-refractivity contribution in [2.75, 3.05) is 0 Å². The smallest absolute Gasteiger partial charge is 0.334 e. The van der Waals surface area contributed by atoms with Crippen molar-refractivity contribution in [2.45, 2.75) is 44.5 Å². The lowest BCUT2D eigenvalue weighted by molar-refractivity contribution is -0.162. The van der Waals surface area contributed by atoms with Gasteiger partial charge in [0.05, 0.1) is 12.2 Å². The zero-order valence-electron chi connectivity index (χ0n) is 11.1. The van der Waals surface area contributed by atoms with Crippen molar-refractivity contribution in [1.82, 2.24) is 0 Å². The molecule has 2 saturated carbocycles. The maximum atomic E-state index is 11.7. The summed E-state index contributed by atoms with van der Waals surface area (Å²) >= 11 is 0. The number of carbonyl (C=O) groups excluding carboxylic acids is 1. The van der Waals surface area contributed by atoms with Crippen molar-refractivity contribution >= 4 is 5.97 Å². The summed E-state index contributed by atoms with van der Waals surface area (Å²) in [5.74, 6) is -0.384. The fraction of sp³-hybridized carbons (Fsp3) is 0.667. The number of esters is 1. The van der Waals surface area contributed by atoms with Gasteiger partial charge in [-0.3, -0.25) is 0 Å². The van der Waals surface area contributed by atoms with Crippen molar-refractivity contribution in [3.8, 4) is 0 Å². The Hall–Kier alpha value is -1.13. The Morgan fingerprint density at radius 3 is 2.74 bits per heavy atom. The second-order valence-corrected chi connectivity index (χ2v) is 6.40. The minimum Gasteiger partial charge on any atom is -0.458 e. The van der Waals surface area contributed by atoms with E-state index in [1.165, 1.54) is 0 Å². The van der Waals surface area contributed by atoms with Crippen molar-refractivity contribution in [2.24, 2.45) is 17.3 Å². The molecule has 3 fully saturated rings. The average Bonchev–Trinajstić information content (AvgIpc) is 2.62. The summed E-state index contributed by atoms with van der Waals surface area (Å²) < 4.78 is 5.47. The highest BCUT2D eigenvalue weighted by Crippen LogP contribution is 2.57. The lowest BCUT2D eigenvalue weighted by Gasteiger charge is -2.53. The topological polar surface area (TPSA) is 66.8 Å². The summed E-state index contributed by atoms with van der Waals surface area (Å²) in [7, 11) is 0. The van der Waals surface area contributed by atoms with Crippen LogP contribution in [0.5, 0.6) is 0 Å². The molecule has 104 valence electrons. The molecule has 0 radical (unpaired) electrons. The van der Waals surface area contributed by atoms with Crippen LogP contribution in [0.25, 0.3) is 0 Å². The summed E-state index contributed by atoms with van der Waals surface area (Å²) in [6.07, 6.45) is 0.0372. The van der Waals surface area contributed by atoms with E-state index in [1.54, 1.807) is 0 Å². The SMILES string of the molecule is C=C1C[C@@H](O)[C@@H](O)[C@]2(C)CC[C@H]3C(=C)C(=O)O[C@@H]3[C@@H]12. The number of hydrogen-bond acceptors (Lipinski definition) is 4. The number of rotatable bonds is 0. The minimum absolute atomic E-state index is 0.0322. The van der Waals surface area contributed by atoms with Gasteiger partial charge in [0, 0.05) is 22.8 Å². The Morgan fingerprint density at radius 1 is 1.37 bits per heavy atom. The van der Waals surface area contributed by atoms with E-state index in [0.29, 0.717) is 12.0 Å². The maximum Gasteiger partial charge on any atom is 0.334 e. The molecule has 0 bridgehead atoms. The Kier molecular flexibility index (Phi) is 2.67. The van der Waals surface area contributed by atoms with Gasteiger partial charge in [-0.15, -0.1) is 0 Å². The molecular formula is C15H20O4. The van der Waals surface area contributed by atoms with Crippen molar-refractivity contribution in [3.63, 3.8) is 0 Å². The van der Waals surface area contributed by atoms with Crippen LogP contribution < -0.4 is 0 Å². The molecule has 2 N–H and O–H groups in total. The molecule has 6 atom stereocenters. The molecule has 19 heavy (non-hydrogen) atoms. The molecule has 4 heteroatoms. The fourth-order valence-electron chi connectivity index (χ4n) is 4.24. The second-order valence-electron chi connectivity index (χ2n) is 6.40. The van der Waals surface area contributed by atoms with Gasteiger partial charge >= 0.3 is 5.97 Å². The third kappa shape index (κ3) is 1.56. The first-order chi connectivity index (χ1) is 8.86. The summed E-state index contributed by atoms with van der Waals surface area (Å²) in [4.78, 5) is 11.7. The zero-order chi connectivity index (χ0) is 13.9. The van der Waals surface area contributed by atoms with Crippen LogP contribution in [-0.4, -0.2) is 34.5 Å². The summed E-state index contributed by atoms with van der Waals surface area (Å²) in [6.45, 7) is 9.83. The molecule has 1 aliphatic heterocycles. The average molecular weight is 264 g/mol. The van der Waals surface area contributed by atoms with Gasteiger partial charge < -0.3 is 14.9 Å². The van der Waals surface area contributed by atoms with Crippen molar-refractivity contribution in [3.05, 3.63) is 24.3 Å². The molecule has 0 aromatic carbocycles. The van der Waals surface area contributed by atoms with Crippen LogP contribution in [0, 0.1) is 17.3 Å². The van der Waals surface area contributed by atoms with Gasteiger partial charge in [-0.2, -0.15) is 0 Å². The highest BCUT2D eigenvalue weighted by molar-refractivity contribution is 5.91. The number of ether oxygens (including phenoxy) is 1. The molecule has 1 saturated heterocycles. The van der Waals surface area contributed by atoms with Crippen LogP contribution in [0.15, 0.2) is 24.3 Å². The highest BCUT2D eigenvalue weighted by atomic mass is 16.6. The van der Waals surface area contributed by atoms with Gasteiger partial charge in [0.1, 0.15) is 6.10 Å². The van der Waals surface area contributed by atoms with E-state index in [4.69, 9.17) is 4.74 Å². The van der Waals surface area contributed by atoms with Crippen LogP contribution >= 0.6 is 0 Å². The first kappa shape index (κ1) is 12.9. The largest absolute Gasteiger partial charge is 0.458 e. The van der Waals surface area contributed by atoms with Gasteiger partial charge in [0.25, 0.3) is 0 Å². The summed E-state index contributed by atoms with van der Waals surface area (Å²) in [5.41, 5.74) is 0.943. The molecular weight excluding hydrogens is 244 g/mol. The van der Waals surface area contributed by atoms with E-state index >= 15 is 0 Å². The van der Waals surface area contributed by atoms with Crippen LogP contribution in [0.3, 0.4) is 0 Å². The summed E-state index contributed by atoms with van der Waals surface area (Å²) in [5, 5.41) is 20.3. The van der Waals surface area contributed by atoms with Crippen molar-refractivity contribution < 1.29 is 19.7 Å². The molecule has 3 aliphatic rings. The van der Waals surface area contributed by atoms with Crippen LogP contribution in [0.2, 0.25) is 0 Å². The predicted octanol–water partition coefficient (Wildman–Crippen LogP) is 1.18. The molecule has 1 heterocycles. The van der Waals surface area contributed by atoms with Crippen LogP contribution in [0.4, 0.5) is 0 Å². The third-order valence-electron chi connectivity index (χ3n) is 5.33. The fourth-order valence-corrected chi connectivity index (χ4v) is 4.24.